The fourth-order valence-electron chi connectivity index (χ4n) is 3.09. The molecule has 134 valence electrons. The molecule has 0 unspecified atom stereocenters. The lowest BCUT2D eigenvalue weighted by atomic mass is 9.90. The molecule has 0 radical (unpaired) electrons. The summed E-state index contributed by atoms with van der Waals surface area (Å²) in [6.45, 7) is 2.36. The highest BCUT2D eigenvalue weighted by Crippen LogP contribution is 2.30. The van der Waals surface area contributed by atoms with Crippen LogP contribution in [0.2, 0.25) is 0 Å². The van der Waals surface area contributed by atoms with Gasteiger partial charge in [0.25, 0.3) is 0 Å². The van der Waals surface area contributed by atoms with E-state index in [1.807, 2.05) is 43.7 Å². The zero-order valence-corrected chi connectivity index (χ0v) is 14.6. The Morgan fingerprint density at radius 1 is 1.36 bits per heavy atom. The number of nitrogens with zero attached hydrogens (tertiary/aromatic N) is 2. The SMILES string of the molecule is COCCOc1ccccc1NC(=O)[C@H]1CNC[C@@H]1c1cnn(C)c1. The lowest BCUT2D eigenvalue weighted by Gasteiger charge is -2.18. The fraction of sp³-hybridized carbons (Fsp3) is 0.444. The largest absolute Gasteiger partial charge is 0.489 e. The molecule has 3 rings (SSSR count). The van der Waals surface area contributed by atoms with Crippen LogP contribution in [0.3, 0.4) is 0 Å². The molecule has 1 aliphatic heterocycles. The molecule has 1 aliphatic rings. The topological polar surface area (TPSA) is 77.4 Å². The number of hydrogen-bond acceptors (Lipinski definition) is 5. The van der Waals surface area contributed by atoms with E-state index in [0.717, 1.165) is 12.1 Å². The minimum Gasteiger partial charge on any atom is -0.489 e. The Bertz CT molecular complexity index is 716. The summed E-state index contributed by atoms with van der Waals surface area (Å²) in [5, 5.41) is 10.5. The molecular weight excluding hydrogens is 320 g/mol. The molecule has 2 N–H and O–H groups in total. The highest BCUT2D eigenvalue weighted by atomic mass is 16.5. The van der Waals surface area contributed by atoms with Gasteiger partial charge in [-0.25, -0.2) is 0 Å². The van der Waals surface area contributed by atoms with E-state index < -0.39 is 0 Å². The first-order chi connectivity index (χ1) is 12.2. The summed E-state index contributed by atoms with van der Waals surface area (Å²) >= 11 is 0. The summed E-state index contributed by atoms with van der Waals surface area (Å²) < 4.78 is 12.5. The second-order valence-electron chi connectivity index (χ2n) is 6.15. The Kier molecular flexibility index (Phi) is 5.67. The third kappa shape index (κ3) is 4.18. The Labute approximate surface area is 147 Å². The molecule has 0 saturated carbocycles. The van der Waals surface area contributed by atoms with Gasteiger partial charge in [-0.3, -0.25) is 9.48 Å². The Morgan fingerprint density at radius 2 is 2.20 bits per heavy atom. The van der Waals surface area contributed by atoms with Gasteiger partial charge in [0, 0.05) is 39.4 Å². The maximum atomic E-state index is 12.8. The lowest BCUT2D eigenvalue weighted by Crippen LogP contribution is -2.28. The van der Waals surface area contributed by atoms with E-state index in [9.17, 15) is 4.79 Å². The van der Waals surface area contributed by atoms with E-state index in [1.54, 1.807) is 11.8 Å². The number of anilines is 1. The van der Waals surface area contributed by atoms with Crippen molar-refractivity contribution in [2.24, 2.45) is 13.0 Å². The third-order valence-corrected chi connectivity index (χ3v) is 4.39. The number of rotatable bonds is 7. The van der Waals surface area contributed by atoms with E-state index in [2.05, 4.69) is 15.7 Å². The van der Waals surface area contributed by atoms with Crippen molar-refractivity contribution in [3.05, 3.63) is 42.2 Å². The van der Waals surface area contributed by atoms with Crippen LogP contribution >= 0.6 is 0 Å². The average Bonchev–Trinajstić information content (AvgIpc) is 3.25. The Hall–Kier alpha value is -2.38. The Morgan fingerprint density at radius 3 is 2.96 bits per heavy atom. The van der Waals surface area contributed by atoms with Gasteiger partial charge in [-0.2, -0.15) is 5.10 Å². The van der Waals surface area contributed by atoms with Gasteiger partial charge in [0.1, 0.15) is 12.4 Å². The third-order valence-electron chi connectivity index (χ3n) is 4.39. The molecule has 7 heteroatoms. The number of nitrogens with one attached hydrogen (secondary N) is 2. The van der Waals surface area contributed by atoms with Crippen molar-refractivity contribution in [2.75, 3.05) is 38.7 Å². The van der Waals surface area contributed by atoms with Crippen molar-refractivity contribution in [2.45, 2.75) is 5.92 Å². The number of aromatic nitrogens is 2. The van der Waals surface area contributed by atoms with Gasteiger partial charge in [0.05, 0.1) is 24.4 Å². The molecular formula is C18H24N4O3. The number of methoxy groups -OCH3 is 1. The van der Waals surface area contributed by atoms with Gasteiger partial charge in [-0.1, -0.05) is 12.1 Å². The van der Waals surface area contributed by atoms with Crippen molar-refractivity contribution in [1.29, 1.82) is 0 Å². The van der Waals surface area contributed by atoms with E-state index in [4.69, 9.17) is 9.47 Å². The van der Waals surface area contributed by atoms with Gasteiger partial charge in [0.15, 0.2) is 0 Å². The average molecular weight is 344 g/mol. The highest BCUT2D eigenvalue weighted by Gasteiger charge is 2.35. The fourth-order valence-corrected chi connectivity index (χ4v) is 3.09. The molecule has 7 nitrogen and oxygen atoms in total. The van der Waals surface area contributed by atoms with Crippen LogP contribution in [0, 0.1) is 5.92 Å². The van der Waals surface area contributed by atoms with Crippen molar-refractivity contribution in [3.8, 4) is 5.75 Å². The summed E-state index contributed by atoms with van der Waals surface area (Å²) in [4.78, 5) is 12.8. The minimum atomic E-state index is -0.142. The molecule has 2 heterocycles. The summed E-state index contributed by atoms with van der Waals surface area (Å²) in [5.41, 5.74) is 1.76. The van der Waals surface area contributed by atoms with Gasteiger partial charge in [0.2, 0.25) is 5.91 Å². The number of hydrogen-bond donors (Lipinski definition) is 2. The molecule has 0 aliphatic carbocycles. The van der Waals surface area contributed by atoms with Crippen LogP contribution in [-0.4, -0.2) is 49.1 Å². The van der Waals surface area contributed by atoms with Crippen LogP contribution < -0.4 is 15.4 Å². The smallest absolute Gasteiger partial charge is 0.229 e. The van der Waals surface area contributed by atoms with Crippen LogP contribution in [-0.2, 0) is 16.6 Å². The molecule has 0 bridgehead atoms. The number of carbonyl (C=O) groups is 1. The first-order valence-electron chi connectivity index (χ1n) is 8.40. The number of ether oxygens (including phenoxy) is 2. The van der Waals surface area contributed by atoms with Gasteiger partial charge < -0.3 is 20.1 Å². The zero-order valence-electron chi connectivity index (χ0n) is 14.6. The van der Waals surface area contributed by atoms with Gasteiger partial charge in [-0.15, -0.1) is 0 Å². The normalized spacial score (nSPS) is 19.8. The highest BCUT2D eigenvalue weighted by molar-refractivity contribution is 5.95. The second-order valence-corrected chi connectivity index (χ2v) is 6.15. The first-order valence-corrected chi connectivity index (χ1v) is 8.40. The van der Waals surface area contributed by atoms with Crippen molar-refractivity contribution in [1.82, 2.24) is 15.1 Å². The monoisotopic (exact) mass is 344 g/mol. The number of benzene rings is 1. The maximum absolute atomic E-state index is 12.8. The number of aryl methyl sites for hydroxylation is 1. The van der Waals surface area contributed by atoms with Crippen LogP contribution in [0.5, 0.6) is 5.75 Å². The zero-order chi connectivity index (χ0) is 17.6. The molecule has 25 heavy (non-hydrogen) atoms. The van der Waals surface area contributed by atoms with Crippen LogP contribution in [0.25, 0.3) is 0 Å². The summed E-state index contributed by atoms with van der Waals surface area (Å²) in [6, 6.07) is 7.45. The van der Waals surface area contributed by atoms with Crippen LogP contribution in [0.15, 0.2) is 36.7 Å². The van der Waals surface area contributed by atoms with Gasteiger partial charge >= 0.3 is 0 Å². The van der Waals surface area contributed by atoms with E-state index >= 15 is 0 Å². The molecule has 1 saturated heterocycles. The first kappa shape index (κ1) is 17.4. The number of para-hydroxylation sites is 2. The molecule has 1 aromatic heterocycles. The Balaban J connectivity index is 1.69. The van der Waals surface area contributed by atoms with E-state index in [1.165, 1.54) is 0 Å². The minimum absolute atomic E-state index is 0.0124. The number of carbonyl (C=O) groups excluding carboxylic acids is 1. The standard InChI is InChI=1S/C18H24N4O3/c1-22-12-13(9-20-22)14-10-19-11-15(14)18(23)21-16-5-3-4-6-17(16)25-8-7-24-2/h3-6,9,12,14-15,19H,7-8,10-11H2,1-2H3,(H,21,23)/t14-,15+/m1/s1. The molecule has 1 fully saturated rings. The molecule has 1 amide bonds. The lowest BCUT2D eigenvalue weighted by molar-refractivity contribution is -0.119. The predicted octanol–water partition coefficient (Wildman–Crippen LogP) is 1.39. The maximum Gasteiger partial charge on any atom is 0.229 e. The van der Waals surface area contributed by atoms with Crippen LogP contribution in [0.1, 0.15) is 11.5 Å². The predicted molar refractivity (Wildman–Crippen MR) is 94.8 cm³/mol. The summed E-state index contributed by atoms with van der Waals surface area (Å²) in [6.07, 6.45) is 3.81. The molecule has 2 aromatic rings. The number of amides is 1. The van der Waals surface area contributed by atoms with E-state index in [-0.39, 0.29) is 17.7 Å². The summed E-state index contributed by atoms with van der Waals surface area (Å²) in [5.74, 6) is 0.616. The van der Waals surface area contributed by atoms with Crippen LogP contribution in [0.4, 0.5) is 5.69 Å². The molecule has 2 atom stereocenters. The second kappa shape index (κ2) is 8.13. The summed E-state index contributed by atoms with van der Waals surface area (Å²) in [7, 11) is 3.51. The molecule has 0 spiro atoms. The van der Waals surface area contributed by atoms with Crippen molar-refractivity contribution >= 4 is 11.6 Å². The molecule has 1 aromatic carbocycles. The van der Waals surface area contributed by atoms with Crippen molar-refractivity contribution < 1.29 is 14.3 Å². The van der Waals surface area contributed by atoms with Crippen molar-refractivity contribution in [3.63, 3.8) is 0 Å². The quantitative estimate of drug-likeness (QED) is 0.742. The van der Waals surface area contributed by atoms with Gasteiger partial charge in [-0.05, 0) is 17.7 Å². The van der Waals surface area contributed by atoms with E-state index in [0.29, 0.717) is 31.2 Å².